The summed E-state index contributed by atoms with van der Waals surface area (Å²) in [5.41, 5.74) is -0.524. The predicted octanol–water partition coefficient (Wildman–Crippen LogP) is 3.26. The zero-order valence-corrected chi connectivity index (χ0v) is 14.6. The van der Waals surface area contributed by atoms with Crippen molar-refractivity contribution in [2.45, 2.75) is 18.9 Å². The fraction of sp³-hybridized carbons (Fsp3) is 0.222. The summed E-state index contributed by atoms with van der Waals surface area (Å²) in [5.74, 6) is -0.237. The van der Waals surface area contributed by atoms with Crippen molar-refractivity contribution in [2.24, 2.45) is 0 Å². The van der Waals surface area contributed by atoms with E-state index in [0.29, 0.717) is 29.2 Å². The molecule has 1 atom stereocenters. The van der Waals surface area contributed by atoms with E-state index < -0.39 is 11.5 Å². The Morgan fingerprint density at radius 3 is 2.62 bits per heavy atom. The molecule has 2 aromatic rings. The molecule has 6 heteroatoms. The highest BCUT2D eigenvalue weighted by Gasteiger charge is 2.46. The van der Waals surface area contributed by atoms with Crippen LogP contribution in [0.15, 0.2) is 46.9 Å². The maximum Gasteiger partial charge on any atom is 0.261 e. The van der Waals surface area contributed by atoms with Gasteiger partial charge in [0.05, 0.1) is 13.0 Å². The summed E-state index contributed by atoms with van der Waals surface area (Å²) in [6, 6.07) is 11.8. The fourth-order valence-electron chi connectivity index (χ4n) is 2.73. The number of ether oxygens (including phenoxy) is 1. The normalized spacial score (nSPS) is 18.9. The number of amides is 1. The van der Waals surface area contributed by atoms with Crippen molar-refractivity contribution >= 4 is 33.3 Å². The van der Waals surface area contributed by atoms with Crippen LogP contribution in [0.25, 0.3) is 0 Å². The highest BCUT2D eigenvalue weighted by atomic mass is 79.9. The van der Waals surface area contributed by atoms with Crippen LogP contribution in [0.1, 0.15) is 29.3 Å². The van der Waals surface area contributed by atoms with Gasteiger partial charge >= 0.3 is 0 Å². The summed E-state index contributed by atoms with van der Waals surface area (Å²) in [5, 5.41) is 13.4. The lowest BCUT2D eigenvalue weighted by Crippen LogP contribution is -2.36. The van der Waals surface area contributed by atoms with Crippen LogP contribution in [0, 0.1) is 0 Å². The average Bonchev–Trinajstić information content (AvgIpc) is 2.79. The number of carbonyl (C=O) groups excluding carboxylic acids is 2. The van der Waals surface area contributed by atoms with Crippen LogP contribution in [0.3, 0.4) is 0 Å². The van der Waals surface area contributed by atoms with E-state index in [-0.39, 0.29) is 12.2 Å². The molecule has 0 unspecified atom stereocenters. The van der Waals surface area contributed by atoms with Crippen molar-refractivity contribution < 1.29 is 19.4 Å². The number of Topliss-reactive ketones (excluding diaryl/α,β-unsaturated/α-hetero) is 1. The molecular formula is C18H16BrNO4. The summed E-state index contributed by atoms with van der Waals surface area (Å²) in [6.45, 7) is 2.42. The number of ketones is 1. The second-order valence-corrected chi connectivity index (χ2v) is 6.48. The number of nitrogens with one attached hydrogen (secondary N) is 1. The van der Waals surface area contributed by atoms with Gasteiger partial charge in [0.2, 0.25) is 0 Å². The number of carbonyl (C=O) groups is 2. The van der Waals surface area contributed by atoms with Crippen LogP contribution < -0.4 is 10.1 Å². The van der Waals surface area contributed by atoms with Gasteiger partial charge < -0.3 is 15.2 Å². The van der Waals surface area contributed by atoms with Crippen molar-refractivity contribution in [3.8, 4) is 5.75 Å². The van der Waals surface area contributed by atoms with E-state index in [1.54, 1.807) is 42.5 Å². The Morgan fingerprint density at radius 1 is 1.25 bits per heavy atom. The van der Waals surface area contributed by atoms with Gasteiger partial charge in [0.15, 0.2) is 11.4 Å². The van der Waals surface area contributed by atoms with Crippen molar-refractivity contribution in [3.63, 3.8) is 0 Å². The number of fused-ring (bicyclic) bond motifs is 1. The molecule has 0 fully saturated rings. The van der Waals surface area contributed by atoms with Crippen LogP contribution >= 0.6 is 15.9 Å². The summed E-state index contributed by atoms with van der Waals surface area (Å²) < 4.78 is 6.07. The largest absolute Gasteiger partial charge is 0.494 e. The molecule has 124 valence electrons. The number of hydrogen-bond acceptors (Lipinski definition) is 4. The Morgan fingerprint density at radius 2 is 1.96 bits per heavy atom. The second kappa shape index (κ2) is 6.37. The van der Waals surface area contributed by atoms with Gasteiger partial charge in [0.1, 0.15) is 5.75 Å². The first-order chi connectivity index (χ1) is 11.4. The molecule has 0 saturated heterocycles. The topological polar surface area (TPSA) is 75.6 Å². The zero-order chi connectivity index (χ0) is 17.3. The van der Waals surface area contributed by atoms with Crippen LogP contribution in [0.5, 0.6) is 5.75 Å². The van der Waals surface area contributed by atoms with Gasteiger partial charge in [-0.2, -0.15) is 0 Å². The minimum atomic E-state index is -1.87. The first-order valence-corrected chi connectivity index (χ1v) is 8.33. The number of benzene rings is 2. The molecule has 1 aliphatic rings. The lowest BCUT2D eigenvalue weighted by atomic mass is 9.88. The summed E-state index contributed by atoms with van der Waals surface area (Å²) in [4.78, 5) is 24.7. The number of halogens is 1. The molecule has 0 saturated carbocycles. The van der Waals surface area contributed by atoms with Crippen LogP contribution in [-0.4, -0.2) is 23.4 Å². The third-order valence-electron chi connectivity index (χ3n) is 3.95. The maximum absolute atomic E-state index is 12.5. The maximum atomic E-state index is 12.5. The molecule has 2 aromatic carbocycles. The first-order valence-electron chi connectivity index (χ1n) is 7.54. The number of anilines is 1. The van der Waals surface area contributed by atoms with Crippen molar-refractivity contribution in [1.82, 2.24) is 0 Å². The SMILES string of the molecule is CCOc1ccc(C(=O)C[C@@]2(O)C(=O)Nc3ccc(Br)cc32)cc1. The molecule has 0 radical (unpaired) electrons. The van der Waals surface area contributed by atoms with Crippen LogP contribution in [-0.2, 0) is 10.4 Å². The van der Waals surface area contributed by atoms with Gasteiger partial charge in [-0.15, -0.1) is 0 Å². The average molecular weight is 390 g/mol. The standard InChI is InChI=1S/C18H16BrNO4/c1-2-24-13-6-3-11(4-7-13)16(21)10-18(23)14-9-12(19)5-8-15(14)20-17(18)22/h3-9,23H,2,10H2,1H3,(H,20,22)/t18-/m0/s1. The third-order valence-corrected chi connectivity index (χ3v) is 4.45. The molecule has 5 nitrogen and oxygen atoms in total. The monoisotopic (exact) mass is 389 g/mol. The van der Waals surface area contributed by atoms with E-state index in [2.05, 4.69) is 21.2 Å². The van der Waals surface area contributed by atoms with Crippen LogP contribution in [0.4, 0.5) is 5.69 Å². The molecule has 2 N–H and O–H groups in total. The van der Waals surface area contributed by atoms with Crippen LogP contribution in [0.2, 0.25) is 0 Å². The molecular weight excluding hydrogens is 374 g/mol. The Bertz CT molecular complexity index is 803. The summed E-state index contributed by atoms with van der Waals surface area (Å²) >= 11 is 3.32. The van der Waals surface area contributed by atoms with Gasteiger partial charge in [0.25, 0.3) is 5.91 Å². The van der Waals surface area contributed by atoms with E-state index in [4.69, 9.17) is 4.74 Å². The molecule has 24 heavy (non-hydrogen) atoms. The highest BCUT2D eigenvalue weighted by molar-refractivity contribution is 9.10. The van der Waals surface area contributed by atoms with E-state index in [9.17, 15) is 14.7 Å². The molecule has 0 aliphatic carbocycles. The third kappa shape index (κ3) is 2.95. The zero-order valence-electron chi connectivity index (χ0n) is 13.0. The smallest absolute Gasteiger partial charge is 0.261 e. The Kier molecular flexibility index (Phi) is 4.43. The second-order valence-electron chi connectivity index (χ2n) is 5.56. The summed E-state index contributed by atoms with van der Waals surface area (Å²) in [7, 11) is 0. The van der Waals surface area contributed by atoms with Gasteiger partial charge in [-0.05, 0) is 49.4 Å². The molecule has 0 bridgehead atoms. The predicted molar refractivity (Wildman–Crippen MR) is 93.2 cm³/mol. The number of aliphatic hydroxyl groups is 1. The fourth-order valence-corrected chi connectivity index (χ4v) is 3.09. The quantitative estimate of drug-likeness (QED) is 0.769. The van der Waals surface area contributed by atoms with Crippen molar-refractivity contribution in [3.05, 3.63) is 58.1 Å². The molecule has 1 aliphatic heterocycles. The minimum Gasteiger partial charge on any atom is -0.494 e. The van der Waals surface area contributed by atoms with Crippen molar-refractivity contribution in [1.29, 1.82) is 0 Å². The number of hydrogen-bond donors (Lipinski definition) is 2. The van der Waals surface area contributed by atoms with E-state index >= 15 is 0 Å². The molecule has 0 aromatic heterocycles. The lowest BCUT2D eigenvalue weighted by Gasteiger charge is -2.20. The Labute approximate surface area is 147 Å². The number of rotatable bonds is 5. The molecule has 3 rings (SSSR count). The van der Waals surface area contributed by atoms with E-state index in [0.717, 1.165) is 4.47 Å². The Hall–Kier alpha value is -2.18. The minimum absolute atomic E-state index is 0.316. The van der Waals surface area contributed by atoms with E-state index in [1.165, 1.54) is 0 Å². The first kappa shape index (κ1) is 16.7. The summed E-state index contributed by atoms with van der Waals surface area (Å²) in [6.07, 6.45) is -0.323. The van der Waals surface area contributed by atoms with Gasteiger partial charge in [-0.1, -0.05) is 15.9 Å². The van der Waals surface area contributed by atoms with Gasteiger partial charge in [-0.25, -0.2) is 0 Å². The van der Waals surface area contributed by atoms with Gasteiger partial charge in [0, 0.05) is 21.3 Å². The molecule has 0 spiro atoms. The highest BCUT2D eigenvalue weighted by Crippen LogP contribution is 2.40. The lowest BCUT2D eigenvalue weighted by molar-refractivity contribution is -0.133. The Balaban J connectivity index is 1.86. The molecule has 1 heterocycles. The van der Waals surface area contributed by atoms with E-state index in [1.807, 2.05) is 6.92 Å². The van der Waals surface area contributed by atoms with Gasteiger partial charge in [-0.3, -0.25) is 9.59 Å². The molecule has 1 amide bonds. The van der Waals surface area contributed by atoms with Crippen molar-refractivity contribution in [2.75, 3.05) is 11.9 Å².